The Morgan fingerprint density at radius 3 is 1.26 bits per heavy atom. The van der Waals surface area contributed by atoms with E-state index in [0.29, 0.717) is 121 Å². The third kappa shape index (κ3) is 42.1. The molecule has 2 saturated carbocycles. The quantitative estimate of drug-likeness (QED) is 0.00713. The predicted molar refractivity (Wildman–Crippen MR) is 416 cm³/mol. The molecule has 1 saturated heterocycles. The third-order valence-electron chi connectivity index (χ3n) is 12.7. The second-order valence-electron chi connectivity index (χ2n) is 25.4. The van der Waals surface area contributed by atoms with E-state index in [1.54, 1.807) is 81.4 Å². The Morgan fingerprint density at radius 2 is 0.881 bits per heavy atom. The van der Waals surface area contributed by atoms with E-state index < -0.39 is 42.5 Å². The van der Waals surface area contributed by atoms with Crippen LogP contribution in [0.1, 0.15) is 39.5 Å². The molecule has 1 aliphatic heterocycles. The van der Waals surface area contributed by atoms with Gasteiger partial charge in [-0.1, -0.05) is 34.8 Å². The van der Waals surface area contributed by atoms with E-state index in [1.807, 2.05) is 4.57 Å². The van der Waals surface area contributed by atoms with Crippen molar-refractivity contribution in [2.45, 2.75) is 71.2 Å². The number of rotatable bonds is 32. The molecule has 50 heteroatoms. The summed E-state index contributed by atoms with van der Waals surface area (Å²) < 4.78 is 110. The van der Waals surface area contributed by atoms with E-state index in [2.05, 4.69) is 89.6 Å². The molecule has 0 atom stereocenters. The van der Waals surface area contributed by atoms with Crippen LogP contribution in [0.3, 0.4) is 0 Å². The van der Waals surface area contributed by atoms with Crippen molar-refractivity contribution in [3.05, 3.63) is 35.6 Å². The summed E-state index contributed by atoms with van der Waals surface area (Å²) in [5, 5.41) is 15.4. The van der Waals surface area contributed by atoms with Gasteiger partial charge in [0.15, 0.2) is 55.6 Å². The van der Waals surface area contributed by atoms with E-state index in [-0.39, 0.29) is 105 Å². The fourth-order valence-electron chi connectivity index (χ4n) is 7.91. The van der Waals surface area contributed by atoms with Crippen LogP contribution in [0.25, 0.3) is 44.7 Å². The molecule has 0 amide bonds. The lowest BCUT2D eigenvalue weighted by molar-refractivity contribution is -0.143. The molecule has 11 rings (SSSR count). The summed E-state index contributed by atoms with van der Waals surface area (Å²) in [4.78, 5) is 89.6. The van der Waals surface area contributed by atoms with E-state index in [4.69, 9.17) is 106 Å². The molecule has 2 aliphatic carbocycles. The smallest absolute Gasteiger partial charge is 0.350 e. The van der Waals surface area contributed by atoms with E-state index >= 15 is 0 Å². The molecule has 14 N–H and O–H groups in total. The summed E-state index contributed by atoms with van der Waals surface area (Å²) in [7, 11) is -12.6. The maximum Gasteiger partial charge on any atom is 0.350 e. The minimum atomic E-state index is -4.15. The number of carbonyl (C=O) groups is 2. The number of nitrogens with two attached hydrogens (primary N) is 4. The molecule has 0 aromatic carbocycles. The molecule has 0 bridgehead atoms. The first kappa shape index (κ1) is 94.9. The zero-order chi connectivity index (χ0) is 81.0. The van der Waals surface area contributed by atoms with Crippen molar-refractivity contribution < 1.29 is 94.7 Å². The number of anilines is 6. The highest BCUT2D eigenvalue weighted by Gasteiger charge is 2.26. The van der Waals surface area contributed by atoms with Crippen LogP contribution in [0, 0.1) is 0 Å². The molecule has 8 aromatic heterocycles. The Morgan fingerprint density at radius 1 is 0.514 bits per heavy atom. The van der Waals surface area contributed by atoms with Gasteiger partial charge in [0.25, 0.3) is 0 Å². The molecular formula is C59H100Cl3N22O20P5. The number of imidazole rings is 4. The van der Waals surface area contributed by atoms with Gasteiger partial charge in [0.05, 0.1) is 110 Å². The monoisotopic (exact) mass is 1700 g/mol. The number of aliphatic hydroxyl groups excluding tert-OH is 1. The van der Waals surface area contributed by atoms with Crippen LogP contribution in [-0.2, 0) is 99.4 Å². The zero-order valence-corrected chi connectivity index (χ0v) is 69.1. The molecule has 0 radical (unpaired) electrons. The van der Waals surface area contributed by atoms with Crippen molar-refractivity contribution in [3.8, 4) is 0 Å². The minimum Gasteiger partial charge on any atom is -0.463 e. The maximum absolute atomic E-state index is 11.6. The number of H-pyrrole nitrogens is 1. The average Bonchev–Trinajstić information content (AvgIpc) is 1.56. The number of aromatic amines is 1. The molecule has 0 spiro atoms. The SMILES string of the molecule is C1COCO1.CC(=O)OCCOCCl.CC(=O)OCCOCP(C)(C)=O.CP(C)(=O)COCCO.CP(C)(=O)COCCn1cnc2c(Cl)nc(N)nc21.CP(C)(=O)COCCn1cnc2c(NC3CC3)nc(N)nc21.Nc1nc(Cl)c2[nH]cnc2n1.Nc1nc(NC2CC2)c2ncn(CCOCP(=O)(O)O)c2n1. The van der Waals surface area contributed by atoms with E-state index in [0.717, 1.165) is 44.4 Å². The van der Waals surface area contributed by atoms with Crippen molar-refractivity contribution in [1.29, 1.82) is 0 Å². The van der Waals surface area contributed by atoms with Gasteiger partial charge in [-0.2, -0.15) is 39.9 Å². The number of ether oxygens (including phenoxy) is 10. The normalized spacial score (nSPS) is 13.5. The van der Waals surface area contributed by atoms with Gasteiger partial charge in [0, 0.05) is 45.6 Å². The molecule has 0 unspecified atom stereocenters. The van der Waals surface area contributed by atoms with Crippen LogP contribution in [0.5, 0.6) is 0 Å². The molecule has 9 heterocycles. The molecule has 3 aliphatic rings. The van der Waals surface area contributed by atoms with Gasteiger partial charge in [-0.05, 0) is 79.0 Å². The summed E-state index contributed by atoms with van der Waals surface area (Å²) in [6, 6.07) is 1.02. The minimum absolute atomic E-state index is 0. The molecular weight excluding hydrogens is 1600 g/mol. The highest BCUT2D eigenvalue weighted by molar-refractivity contribution is 7.63. The fourth-order valence-corrected chi connectivity index (χ4v) is 11.1. The lowest BCUT2D eigenvalue weighted by Crippen LogP contribution is -2.09. The molecule has 42 nitrogen and oxygen atoms in total. The van der Waals surface area contributed by atoms with Gasteiger partial charge in [0.1, 0.15) is 72.0 Å². The lowest BCUT2D eigenvalue weighted by Gasteiger charge is -2.09. The number of aliphatic hydroxyl groups is 1. The van der Waals surface area contributed by atoms with Gasteiger partial charge in [-0.3, -0.25) is 14.2 Å². The van der Waals surface area contributed by atoms with Crippen LogP contribution in [0.2, 0.25) is 10.3 Å². The van der Waals surface area contributed by atoms with Crippen molar-refractivity contribution in [1.82, 2.24) is 78.5 Å². The van der Waals surface area contributed by atoms with Crippen molar-refractivity contribution in [2.75, 3.05) is 204 Å². The molecule has 3 fully saturated rings. The number of esters is 2. The summed E-state index contributed by atoms with van der Waals surface area (Å²) in [6.07, 6.45) is 11.3. The van der Waals surface area contributed by atoms with Gasteiger partial charge < -0.3 is 133 Å². The average molecular weight is 1700 g/mol. The molecule has 109 heavy (non-hydrogen) atoms. The Kier molecular flexibility index (Phi) is 41.6. The van der Waals surface area contributed by atoms with Crippen LogP contribution < -0.4 is 33.6 Å². The Hall–Kier alpha value is -6.48. The van der Waals surface area contributed by atoms with Crippen LogP contribution in [0.4, 0.5) is 35.4 Å². The van der Waals surface area contributed by atoms with Gasteiger partial charge in [-0.15, -0.1) is 0 Å². The van der Waals surface area contributed by atoms with Crippen molar-refractivity contribution >= 4 is 163 Å². The van der Waals surface area contributed by atoms with Gasteiger partial charge in [0.2, 0.25) is 23.8 Å². The number of nitrogens with one attached hydrogen (secondary N) is 3. The van der Waals surface area contributed by atoms with Crippen molar-refractivity contribution in [2.24, 2.45) is 0 Å². The van der Waals surface area contributed by atoms with Gasteiger partial charge >= 0.3 is 19.5 Å². The van der Waals surface area contributed by atoms with Crippen LogP contribution in [-0.4, -0.2) is 288 Å². The highest BCUT2D eigenvalue weighted by Crippen LogP contribution is 2.38. The summed E-state index contributed by atoms with van der Waals surface area (Å²) >= 11 is 16.8. The Labute approximate surface area is 644 Å². The third-order valence-corrected chi connectivity index (χ3v) is 17.1. The number of carbonyl (C=O) groups excluding carboxylic acids is 2. The highest BCUT2D eigenvalue weighted by atomic mass is 35.5. The number of halogens is 3. The first-order valence-corrected chi connectivity index (χ1v) is 47.5. The number of aromatic nitrogens is 16. The second-order valence-corrected chi connectivity index (χ2v) is 41.5. The number of nitrogens with zero attached hydrogens (tertiary/aromatic N) is 15. The number of hydrogen-bond acceptors (Lipinski definition) is 36. The Balaban J connectivity index is 0.000000273. The van der Waals surface area contributed by atoms with E-state index in [1.165, 1.54) is 20.2 Å². The zero-order valence-electron chi connectivity index (χ0n) is 62.3. The van der Waals surface area contributed by atoms with Crippen LogP contribution in [0.15, 0.2) is 25.3 Å². The summed E-state index contributed by atoms with van der Waals surface area (Å²) in [6.45, 7) is 22.1. The summed E-state index contributed by atoms with van der Waals surface area (Å²) in [5.41, 5.74) is 27.2. The summed E-state index contributed by atoms with van der Waals surface area (Å²) in [5.74, 6) is 1.29. The molecule has 8 aromatic rings. The molecule has 612 valence electrons. The Bertz CT molecular complexity index is 4200. The maximum atomic E-state index is 11.6. The number of alkyl halides is 1. The lowest BCUT2D eigenvalue weighted by atomic mass is 10.4. The first-order valence-electron chi connectivity index (χ1n) is 33.2. The predicted octanol–water partition coefficient (Wildman–Crippen LogP) is 6.44. The number of nitrogen functional groups attached to an aromatic ring is 4. The van der Waals surface area contributed by atoms with Crippen molar-refractivity contribution in [3.63, 3.8) is 0 Å². The van der Waals surface area contributed by atoms with Crippen LogP contribution >= 0.6 is 71.0 Å². The second kappa shape index (κ2) is 47.8. The largest absolute Gasteiger partial charge is 0.463 e. The first-order chi connectivity index (χ1) is 51.2. The topological polar surface area (TPSA) is 586 Å². The number of hydrogen-bond donors (Lipinski definition) is 10. The van der Waals surface area contributed by atoms with Gasteiger partial charge in [-0.25, -0.2) is 19.9 Å². The van der Waals surface area contributed by atoms with E-state index in [9.17, 15) is 32.4 Å². The number of fused-ring (bicyclic) bond motifs is 4. The fraction of sp³-hybridized carbons (Fsp3) is 0.627. The standard InChI is InChI=1S/C13H21N6O2P.C11H17N6O4P.C10H15ClN5O2P.C7H15O4P.C5H4ClN5.C5H9ClO3.C5H13O3P.C3H6O2/c1-22(2,20)8-21-6-5-19-7-15-10-11(16-9-3-4-9)17-13(14)18-12(10)19;12-11-15-9(14-7-1-2-7)8-10(16-11)17(5-13-8)3-4-21-6-22(18,19)20;1-19(2,17)6-18-4-3-16-5-13-7-8(11)14-10(12)15-9(7)16;1-7(8)11-5-4-10-6-12(2,3)9;6-3-2-4(9-1-8-2)11-5(7)10-3;1-5(7)9-3-2-8-4-6;1-9(2,7)5-8-4-3-6;1-2-5-3-4-1/h7,9H,3-6,8H2,1-2H3,(H3,14,16,17,18);5,7H,1-4,6H2,(H2,18,19,20)(H3,12,14,15,16);5H,3-4,6H2,1-2H3,(H2,12,14,15);4-6H2,1-3H3;1H,(H3,7,8,9,10,11);2-4H2,1H3;6H,3-5H2,1-2H3;1-3H2.